The summed E-state index contributed by atoms with van der Waals surface area (Å²) in [4.78, 5) is 44.2. The molecule has 0 aromatic carbocycles. The van der Waals surface area contributed by atoms with E-state index in [1.165, 1.54) is 22.0 Å². The highest BCUT2D eigenvalue weighted by Gasteiger charge is 2.41. The molecular formula is C28H34Cl2F2N4O4. The molecule has 0 saturated heterocycles. The quantitative estimate of drug-likeness (QED) is 0.327. The van der Waals surface area contributed by atoms with E-state index in [-0.39, 0.29) is 39.2 Å². The Morgan fingerprint density at radius 2 is 1.60 bits per heavy atom. The van der Waals surface area contributed by atoms with Crippen LogP contribution >= 0.6 is 23.2 Å². The second kappa shape index (κ2) is 11.7. The minimum absolute atomic E-state index is 0.0285. The molecule has 2 aromatic rings. The zero-order chi connectivity index (χ0) is 29.4. The van der Waals surface area contributed by atoms with Crippen LogP contribution in [0, 0.1) is 10.8 Å². The van der Waals surface area contributed by atoms with E-state index >= 15 is 0 Å². The van der Waals surface area contributed by atoms with Crippen LogP contribution in [0.15, 0.2) is 18.6 Å². The molecule has 2 aromatic heterocycles. The zero-order valence-electron chi connectivity index (χ0n) is 22.8. The number of carboxylic acids is 1. The minimum atomic E-state index is -3.00. The highest BCUT2D eigenvalue weighted by atomic mass is 35.5. The summed E-state index contributed by atoms with van der Waals surface area (Å²) in [5.41, 5.74) is -1.60. The predicted molar refractivity (Wildman–Crippen MR) is 146 cm³/mol. The molecule has 2 heterocycles. The van der Waals surface area contributed by atoms with Crippen molar-refractivity contribution < 1.29 is 28.3 Å². The molecular weight excluding hydrogens is 565 g/mol. The van der Waals surface area contributed by atoms with Crippen LogP contribution in [-0.2, 0) is 4.79 Å². The Balaban J connectivity index is 1.66. The van der Waals surface area contributed by atoms with E-state index in [4.69, 9.17) is 23.2 Å². The SMILES string of the molecule is CC1(C)CCC(N(CC(=O)c2c(Cl)cncc2Cl)C(=O)c2cnn([C@H]3CC[C@](C)(C(=O)O)CC3)c2C(F)F)CC1. The number of carboxylic acid groups (broad SMARTS) is 1. The van der Waals surface area contributed by atoms with E-state index in [1.807, 2.05) is 0 Å². The summed E-state index contributed by atoms with van der Waals surface area (Å²) < 4.78 is 30.2. The van der Waals surface area contributed by atoms with Crippen LogP contribution in [-0.4, -0.2) is 55.0 Å². The molecule has 1 amide bonds. The third-order valence-corrected chi connectivity index (χ3v) is 9.22. The number of carbonyl (C=O) groups is 3. The highest BCUT2D eigenvalue weighted by Crippen LogP contribution is 2.43. The van der Waals surface area contributed by atoms with Crippen molar-refractivity contribution in [3.63, 3.8) is 0 Å². The van der Waals surface area contributed by atoms with E-state index < -0.39 is 41.2 Å². The second-order valence-electron chi connectivity index (χ2n) is 12.0. The van der Waals surface area contributed by atoms with Crippen LogP contribution in [0.2, 0.25) is 10.0 Å². The number of Topliss-reactive ketones (excluding diaryl/α,β-unsaturated/α-hetero) is 1. The number of pyridine rings is 1. The first-order chi connectivity index (χ1) is 18.7. The lowest BCUT2D eigenvalue weighted by molar-refractivity contribution is -0.150. The van der Waals surface area contributed by atoms with Crippen molar-refractivity contribution in [1.82, 2.24) is 19.7 Å². The number of ketones is 1. The molecule has 12 heteroatoms. The van der Waals surface area contributed by atoms with Gasteiger partial charge in [0.2, 0.25) is 0 Å². The van der Waals surface area contributed by atoms with Crippen molar-refractivity contribution >= 4 is 40.9 Å². The van der Waals surface area contributed by atoms with E-state index in [9.17, 15) is 28.3 Å². The van der Waals surface area contributed by atoms with Crippen molar-refractivity contribution in [1.29, 1.82) is 0 Å². The van der Waals surface area contributed by atoms with Crippen LogP contribution in [0.4, 0.5) is 8.78 Å². The summed E-state index contributed by atoms with van der Waals surface area (Å²) in [5.74, 6) is -2.13. The first-order valence-electron chi connectivity index (χ1n) is 13.5. The maximum Gasteiger partial charge on any atom is 0.309 e. The third kappa shape index (κ3) is 6.17. The van der Waals surface area contributed by atoms with Crippen LogP contribution in [0.1, 0.15) is 111 Å². The largest absolute Gasteiger partial charge is 0.481 e. The average Bonchev–Trinajstić information content (AvgIpc) is 3.33. The molecule has 0 aliphatic heterocycles. The number of amides is 1. The summed E-state index contributed by atoms with van der Waals surface area (Å²) in [6.45, 7) is 5.53. The van der Waals surface area contributed by atoms with Gasteiger partial charge in [-0.05, 0) is 63.7 Å². The number of alkyl halides is 2. The van der Waals surface area contributed by atoms with Crippen LogP contribution < -0.4 is 0 Å². The van der Waals surface area contributed by atoms with Crippen LogP contribution in [0.25, 0.3) is 0 Å². The average molecular weight is 600 g/mol. The molecule has 0 spiro atoms. The van der Waals surface area contributed by atoms with E-state index in [2.05, 4.69) is 23.9 Å². The molecule has 40 heavy (non-hydrogen) atoms. The monoisotopic (exact) mass is 598 g/mol. The van der Waals surface area contributed by atoms with Gasteiger partial charge in [0, 0.05) is 18.4 Å². The van der Waals surface area contributed by atoms with Crippen molar-refractivity contribution in [3.8, 4) is 0 Å². The molecule has 218 valence electrons. The lowest BCUT2D eigenvalue weighted by Gasteiger charge is -2.40. The van der Waals surface area contributed by atoms with Crippen molar-refractivity contribution in [2.24, 2.45) is 10.8 Å². The van der Waals surface area contributed by atoms with Gasteiger partial charge in [0.05, 0.1) is 45.4 Å². The Hall–Kier alpha value is -2.59. The Labute approximate surface area is 242 Å². The summed E-state index contributed by atoms with van der Waals surface area (Å²) in [7, 11) is 0. The highest BCUT2D eigenvalue weighted by molar-refractivity contribution is 6.39. The number of rotatable bonds is 8. The first-order valence-corrected chi connectivity index (χ1v) is 14.2. The number of aromatic nitrogens is 3. The standard InChI is InChI=1S/C28H34Cl2F2N4O4/c1-27(2)8-4-16(5-9-27)35(15-21(37)22-19(29)13-33-14-20(22)30)25(38)18-12-34-36(23(18)24(31)32)17-6-10-28(3,11-7-17)26(39)40/h12-14,16-17,24H,4-11,15H2,1-3H3,(H,39,40)/t17-,28-. The van der Waals surface area contributed by atoms with Crippen molar-refractivity contribution in [2.75, 3.05) is 6.54 Å². The van der Waals surface area contributed by atoms with Crippen molar-refractivity contribution in [2.45, 2.75) is 90.6 Å². The number of aliphatic carboxylic acids is 1. The van der Waals surface area contributed by atoms with E-state index in [0.717, 1.165) is 19.0 Å². The number of halogens is 4. The van der Waals surface area contributed by atoms with Gasteiger partial charge in [-0.25, -0.2) is 8.78 Å². The fourth-order valence-corrected chi connectivity index (χ4v) is 6.45. The molecule has 2 aliphatic carbocycles. The van der Waals surface area contributed by atoms with Gasteiger partial charge >= 0.3 is 5.97 Å². The minimum Gasteiger partial charge on any atom is -0.481 e. The summed E-state index contributed by atoms with van der Waals surface area (Å²) in [6.07, 6.45) is 4.85. The Kier molecular flexibility index (Phi) is 8.90. The molecule has 0 bridgehead atoms. The molecule has 0 radical (unpaired) electrons. The van der Waals surface area contributed by atoms with E-state index in [0.29, 0.717) is 38.5 Å². The lowest BCUT2D eigenvalue weighted by Crippen LogP contribution is -2.46. The van der Waals surface area contributed by atoms with Crippen LogP contribution in [0.5, 0.6) is 0 Å². The number of nitrogens with zero attached hydrogens (tertiary/aromatic N) is 4. The van der Waals surface area contributed by atoms with E-state index in [1.54, 1.807) is 6.92 Å². The fourth-order valence-electron chi connectivity index (χ4n) is 5.87. The summed E-state index contributed by atoms with van der Waals surface area (Å²) >= 11 is 12.4. The fraction of sp³-hybridized carbons (Fsp3) is 0.607. The molecule has 8 nitrogen and oxygen atoms in total. The third-order valence-electron chi connectivity index (χ3n) is 8.65. The normalized spacial score (nSPS) is 23.2. The van der Waals surface area contributed by atoms with Gasteiger partial charge in [-0.2, -0.15) is 5.10 Å². The molecule has 2 saturated carbocycles. The Morgan fingerprint density at radius 3 is 2.12 bits per heavy atom. The Bertz CT molecular complexity index is 1260. The molecule has 0 atom stereocenters. The van der Waals surface area contributed by atoms with Gasteiger partial charge in [-0.3, -0.25) is 24.0 Å². The zero-order valence-corrected chi connectivity index (χ0v) is 24.3. The van der Waals surface area contributed by atoms with Gasteiger partial charge in [-0.15, -0.1) is 0 Å². The topological polar surface area (TPSA) is 105 Å². The van der Waals surface area contributed by atoms with Gasteiger partial charge in [-0.1, -0.05) is 37.0 Å². The molecule has 2 fully saturated rings. The summed E-state index contributed by atoms with van der Waals surface area (Å²) in [5, 5.41) is 13.8. The molecule has 4 rings (SSSR count). The predicted octanol–water partition coefficient (Wildman–Crippen LogP) is 7.02. The van der Waals surface area contributed by atoms with Gasteiger partial charge < -0.3 is 10.0 Å². The van der Waals surface area contributed by atoms with Crippen LogP contribution in [0.3, 0.4) is 0 Å². The Morgan fingerprint density at radius 1 is 1.02 bits per heavy atom. The molecule has 2 aliphatic rings. The van der Waals surface area contributed by atoms with Crippen molar-refractivity contribution in [3.05, 3.63) is 45.5 Å². The number of carbonyl (C=O) groups excluding carboxylic acids is 2. The summed E-state index contributed by atoms with van der Waals surface area (Å²) in [6, 6.07) is -0.804. The number of hydrogen-bond acceptors (Lipinski definition) is 5. The molecule has 1 N–H and O–H groups in total. The first kappa shape index (κ1) is 30.4. The van der Waals surface area contributed by atoms with Gasteiger partial charge in [0.15, 0.2) is 5.78 Å². The van der Waals surface area contributed by atoms with Gasteiger partial charge in [0.25, 0.3) is 12.3 Å². The van der Waals surface area contributed by atoms with Gasteiger partial charge in [0.1, 0.15) is 5.69 Å². The number of hydrogen-bond donors (Lipinski definition) is 1. The second-order valence-corrected chi connectivity index (χ2v) is 12.8. The maximum atomic E-state index is 14.5. The smallest absolute Gasteiger partial charge is 0.309 e. The molecule has 0 unspecified atom stereocenters. The maximum absolute atomic E-state index is 14.5. The lowest BCUT2D eigenvalue weighted by atomic mass is 9.74.